The first kappa shape index (κ1) is 37.0. The van der Waals surface area contributed by atoms with Gasteiger partial charge in [0.1, 0.15) is 5.78 Å². The molecule has 0 radical (unpaired) electrons. The number of Topliss-reactive ketones (excluding diaryl/α,β-unsaturated/α-hetero) is 1. The lowest BCUT2D eigenvalue weighted by Gasteiger charge is -2.50. The largest absolute Gasteiger partial charge is 0.493 e. The van der Waals surface area contributed by atoms with E-state index in [0.29, 0.717) is 17.9 Å². The molecule has 6 rings (SSSR count). The molecule has 4 aliphatic rings. The topological polar surface area (TPSA) is 164 Å². The average Bonchev–Trinajstić information content (AvgIpc) is 3.13. The van der Waals surface area contributed by atoms with Gasteiger partial charge in [-0.05, 0) is 79.5 Å². The molecule has 12 nitrogen and oxygen atoms in total. The maximum Gasteiger partial charge on any atom is 0.328 e. The van der Waals surface area contributed by atoms with Crippen LogP contribution in [-0.2, 0) is 43.3 Å². The number of carboxylic acids is 2. The zero-order valence-corrected chi connectivity index (χ0v) is 29.1. The highest BCUT2D eigenvalue weighted by Crippen LogP contribution is 2.41. The Bertz CT molecular complexity index is 1540. The fraction of sp³-hybridized carbons (Fsp3) is 0.526. The highest BCUT2D eigenvalue weighted by Gasteiger charge is 2.52. The van der Waals surface area contributed by atoms with E-state index in [1.807, 2.05) is 12.1 Å². The van der Waals surface area contributed by atoms with Crippen molar-refractivity contribution < 1.29 is 43.6 Å². The van der Waals surface area contributed by atoms with Gasteiger partial charge in [0.15, 0.2) is 11.5 Å². The van der Waals surface area contributed by atoms with Crippen molar-refractivity contribution in [2.75, 3.05) is 39.7 Å². The Kier molecular flexibility index (Phi) is 12.7. The van der Waals surface area contributed by atoms with Crippen molar-refractivity contribution in [3.8, 4) is 11.5 Å². The van der Waals surface area contributed by atoms with Crippen LogP contribution in [-0.4, -0.2) is 91.3 Å². The fourth-order valence-corrected chi connectivity index (χ4v) is 8.06. The van der Waals surface area contributed by atoms with Crippen LogP contribution < -0.4 is 20.1 Å². The number of methoxy groups -OCH3 is 3. The first-order valence-corrected chi connectivity index (χ1v) is 17.4. The molecule has 2 aromatic carbocycles. The van der Waals surface area contributed by atoms with Crippen molar-refractivity contribution in [2.24, 2.45) is 17.8 Å². The van der Waals surface area contributed by atoms with E-state index < -0.39 is 11.9 Å². The summed E-state index contributed by atoms with van der Waals surface area (Å²) in [7, 11) is 5.10. The minimum atomic E-state index is -1.26. The number of nitrogens with zero attached hydrogens (tertiary/aromatic N) is 1. The number of aliphatic carboxylic acids is 2. The van der Waals surface area contributed by atoms with Gasteiger partial charge in [0, 0.05) is 68.5 Å². The molecular weight excluding hydrogens is 642 g/mol. The second kappa shape index (κ2) is 17.1. The van der Waals surface area contributed by atoms with Gasteiger partial charge in [-0.3, -0.25) is 14.5 Å². The van der Waals surface area contributed by atoms with Crippen LogP contribution in [0.1, 0.15) is 55.2 Å². The lowest BCUT2D eigenvalue weighted by atomic mass is 9.64. The van der Waals surface area contributed by atoms with Gasteiger partial charge in [-0.1, -0.05) is 25.0 Å². The number of carbonyl (C=O) groups is 4. The molecule has 0 bridgehead atoms. The molecular formula is C38H49N3O9. The molecule has 2 aliphatic heterocycles. The number of anilines is 1. The number of ketones is 1. The number of rotatable bonds is 10. The van der Waals surface area contributed by atoms with Crippen LogP contribution in [0.2, 0.25) is 0 Å². The molecule has 4 N–H and O–H groups in total. The van der Waals surface area contributed by atoms with Crippen LogP contribution in [0.25, 0.3) is 0 Å². The van der Waals surface area contributed by atoms with Crippen molar-refractivity contribution in [3.05, 3.63) is 65.2 Å². The Hall–Kier alpha value is -4.26. The monoisotopic (exact) mass is 691 g/mol. The number of benzene rings is 2. The number of piperidine rings is 1. The summed E-state index contributed by atoms with van der Waals surface area (Å²) in [4.78, 5) is 48.6. The minimum Gasteiger partial charge on any atom is -0.493 e. The molecule has 2 heterocycles. The zero-order valence-electron chi connectivity index (χ0n) is 29.1. The maximum absolute atomic E-state index is 13.5. The highest BCUT2D eigenvalue weighted by atomic mass is 16.5. The molecule has 3 fully saturated rings. The summed E-state index contributed by atoms with van der Waals surface area (Å²) in [6, 6.07) is 12.4. The zero-order chi connectivity index (χ0) is 35.8. The third-order valence-electron chi connectivity index (χ3n) is 10.6. The van der Waals surface area contributed by atoms with E-state index in [1.165, 1.54) is 16.7 Å². The van der Waals surface area contributed by atoms with E-state index in [4.69, 9.17) is 24.4 Å². The van der Waals surface area contributed by atoms with Crippen LogP contribution in [0.4, 0.5) is 5.69 Å². The molecule has 12 heteroatoms. The van der Waals surface area contributed by atoms with E-state index in [0.717, 1.165) is 88.2 Å². The number of ether oxygens (including phenoxy) is 3. The Balaban J connectivity index is 0.000000544. The van der Waals surface area contributed by atoms with Gasteiger partial charge in [-0.2, -0.15) is 0 Å². The third kappa shape index (κ3) is 8.90. The van der Waals surface area contributed by atoms with Crippen molar-refractivity contribution in [1.29, 1.82) is 0 Å². The standard InChI is InChI=1S/C34H45N3O5.C4H4O4/c1-40-28-9-5-7-26-32(28)36-31-25(33(26)38)6-4-8-27(31)34(39)35-24-12-10-21(11-13-24)14-16-37-17-15-22-18-29(41-2)30(42-3)19-23(22)20-37;5-3(6)1-2-4(7)8/h10-13,18-19,25-28,31-32,36H,4-9,14-17,20H2,1-3H3,(H,35,39);1-2H,(H,5,6)(H,7,8)/b;2-1+. The summed E-state index contributed by atoms with van der Waals surface area (Å²) in [5.41, 5.74) is 4.69. The Labute approximate surface area is 293 Å². The quantitative estimate of drug-likeness (QED) is 0.265. The van der Waals surface area contributed by atoms with Gasteiger partial charge in [0.05, 0.1) is 26.2 Å². The summed E-state index contributed by atoms with van der Waals surface area (Å²) in [5.74, 6) is -0.843. The molecule has 270 valence electrons. The van der Waals surface area contributed by atoms with Crippen LogP contribution in [0.5, 0.6) is 11.5 Å². The Morgan fingerprint density at radius 3 is 2.12 bits per heavy atom. The first-order chi connectivity index (χ1) is 24.1. The van der Waals surface area contributed by atoms with Crippen LogP contribution in [0, 0.1) is 17.8 Å². The SMILES string of the molecule is COc1cc2c(cc1OC)CN(CCc1ccc(NC(=O)C3CCCC4C(=O)C5CCCC(OC)C5NC34)cc1)CC2.O=C(O)/C=C/C(=O)O. The number of carbonyl (C=O) groups excluding carboxylic acids is 2. The van der Waals surface area contributed by atoms with E-state index in [2.05, 4.69) is 39.8 Å². The Morgan fingerprint density at radius 2 is 1.50 bits per heavy atom. The molecule has 50 heavy (non-hydrogen) atoms. The smallest absolute Gasteiger partial charge is 0.328 e. The normalized spacial score (nSPS) is 26.0. The first-order valence-electron chi connectivity index (χ1n) is 17.4. The maximum atomic E-state index is 13.5. The van der Waals surface area contributed by atoms with Crippen LogP contribution in [0.15, 0.2) is 48.6 Å². The molecule has 2 aliphatic carbocycles. The number of fused-ring (bicyclic) bond motifs is 3. The molecule has 0 spiro atoms. The van der Waals surface area contributed by atoms with E-state index in [9.17, 15) is 19.2 Å². The summed E-state index contributed by atoms with van der Waals surface area (Å²) in [5, 5.41) is 22.5. The van der Waals surface area contributed by atoms with E-state index >= 15 is 0 Å². The summed E-state index contributed by atoms with van der Waals surface area (Å²) in [6.45, 7) is 2.88. The number of nitrogens with one attached hydrogen (secondary N) is 2. The van der Waals surface area contributed by atoms with Crippen molar-refractivity contribution in [3.63, 3.8) is 0 Å². The Morgan fingerprint density at radius 1 is 0.880 bits per heavy atom. The van der Waals surface area contributed by atoms with Crippen molar-refractivity contribution in [1.82, 2.24) is 10.2 Å². The van der Waals surface area contributed by atoms with Gasteiger partial charge in [-0.15, -0.1) is 0 Å². The molecule has 1 amide bonds. The van der Waals surface area contributed by atoms with Crippen molar-refractivity contribution in [2.45, 2.75) is 76.1 Å². The third-order valence-corrected chi connectivity index (χ3v) is 10.6. The molecule has 2 aromatic rings. The van der Waals surface area contributed by atoms with Crippen molar-refractivity contribution >= 4 is 29.3 Å². The number of carboxylic acid groups (broad SMARTS) is 2. The minimum absolute atomic E-state index is 0.0139. The predicted octanol–water partition coefficient (Wildman–Crippen LogP) is 4.10. The van der Waals surface area contributed by atoms with Crippen LogP contribution in [0.3, 0.4) is 0 Å². The lowest BCUT2D eigenvalue weighted by Crippen LogP contribution is -2.66. The molecule has 2 saturated carbocycles. The number of hydrogen-bond donors (Lipinski definition) is 4. The summed E-state index contributed by atoms with van der Waals surface area (Å²) >= 11 is 0. The van der Waals surface area contributed by atoms with E-state index in [1.54, 1.807) is 21.3 Å². The second-order valence-electron chi connectivity index (χ2n) is 13.5. The highest BCUT2D eigenvalue weighted by molar-refractivity contribution is 5.95. The molecule has 6 atom stereocenters. The second-order valence-corrected chi connectivity index (χ2v) is 13.5. The van der Waals surface area contributed by atoms with Gasteiger partial charge in [0.2, 0.25) is 5.91 Å². The van der Waals surface area contributed by atoms with E-state index in [-0.39, 0.29) is 41.8 Å². The molecule has 0 aromatic heterocycles. The number of amides is 1. The molecule has 1 saturated heterocycles. The molecule has 6 unspecified atom stereocenters. The number of hydrogen-bond acceptors (Lipinski definition) is 9. The van der Waals surface area contributed by atoms with Gasteiger partial charge in [-0.25, -0.2) is 9.59 Å². The summed E-state index contributed by atoms with van der Waals surface area (Å²) in [6.07, 6.45) is 8.61. The van der Waals surface area contributed by atoms with Gasteiger partial charge < -0.3 is 35.1 Å². The van der Waals surface area contributed by atoms with Gasteiger partial charge >= 0.3 is 11.9 Å². The van der Waals surface area contributed by atoms with Crippen LogP contribution >= 0.6 is 0 Å². The predicted molar refractivity (Wildman–Crippen MR) is 186 cm³/mol. The lowest BCUT2D eigenvalue weighted by molar-refractivity contribution is -0.142. The average molecular weight is 692 g/mol. The summed E-state index contributed by atoms with van der Waals surface area (Å²) < 4.78 is 16.7. The fourth-order valence-electron chi connectivity index (χ4n) is 8.06. The van der Waals surface area contributed by atoms with Gasteiger partial charge in [0.25, 0.3) is 0 Å².